The van der Waals surface area contributed by atoms with Crippen molar-refractivity contribution in [1.82, 2.24) is 4.57 Å². The van der Waals surface area contributed by atoms with E-state index in [-0.39, 0.29) is 0 Å². The number of benzene rings is 2. The molecule has 0 bridgehead atoms. The fraction of sp³-hybridized carbons (Fsp3) is 0.150. The number of hydrogen-bond donors (Lipinski definition) is 0. The van der Waals surface area contributed by atoms with Gasteiger partial charge in [0, 0.05) is 38.9 Å². The van der Waals surface area contributed by atoms with E-state index in [1.54, 1.807) is 0 Å². The molecule has 3 aromatic rings. The highest BCUT2D eigenvalue weighted by Gasteiger charge is 2.09. The number of aliphatic imine (C=N–C) groups is 1. The summed E-state index contributed by atoms with van der Waals surface area (Å²) >= 11 is 12.1. The van der Waals surface area contributed by atoms with Gasteiger partial charge in [-0.3, -0.25) is 4.99 Å². The number of nitrogens with zero attached hydrogens (tertiary/aromatic N) is 2. The van der Waals surface area contributed by atoms with Crippen LogP contribution in [-0.2, 0) is 0 Å². The standard InChI is InChI=1S/C20H18Cl2N2/c1-13-4-7-18(11-20(13)22)23-12-16-10-14(2)24(15(16)3)19-8-5-17(21)6-9-19/h4-12H,1-3H3. The van der Waals surface area contributed by atoms with Gasteiger partial charge in [-0.25, -0.2) is 0 Å². The zero-order chi connectivity index (χ0) is 17.3. The van der Waals surface area contributed by atoms with Crippen molar-refractivity contribution in [2.24, 2.45) is 4.99 Å². The Morgan fingerprint density at radius 2 is 1.62 bits per heavy atom. The third-order valence-electron chi connectivity index (χ3n) is 4.06. The molecule has 0 radical (unpaired) electrons. The molecule has 0 unspecified atom stereocenters. The maximum Gasteiger partial charge on any atom is 0.0644 e. The smallest absolute Gasteiger partial charge is 0.0644 e. The minimum absolute atomic E-state index is 0.733. The van der Waals surface area contributed by atoms with E-state index < -0.39 is 0 Å². The van der Waals surface area contributed by atoms with Gasteiger partial charge in [-0.2, -0.15) is 0 Å². The van der Waals surface area contributed by atoms with Gasteiger partial charge in [-0.1, -0.05) is 29.3 Å². The van der Waals surface area contributed by atoms with Crippen LogP contribution in [0.3, 0.4) is 0 Å². The van der Waals surface area contributed by atoms with E-state index in [1.165, 1.54) is 0 Å². The Morgan fingerprint density at radius 1 is 0.917 bits per heavy atom. The van der Waals surface area contributed by atoms with Crippen molar-refractivity contribution < 1.29 is 0 Å². The molecule has 0 saturated carbocycles. The molecule has 2 aromatic carbocycles. The summed E-state index contributed by atoms with van der Waals surface area (Å²) in [6, 6.07) is 15.8. The van der Waals surface area contributed by atoms with Gasteiger partial charge in [0.25, 0.3) is 0 Å². The van der Waals surface area contributed by atoms with Gasteiger partial charge in [0.05, 0.1) is 5.69 Å². The molecule has 1 aromatic heterocycles. The lowest BCUT2D eigenvalue weighted by atomic mass is 10.2. The predicted octanol–water partition coefficient (Wildman–Crippen LogP) is 6.46. The molecule has 0 aliphatic rings. The van der Waals surface area contributed by atoms with Crippen molar-refractivity contribution in [3.8, 4) is 5.69 Å². The molecule has 24 heavy (non-hydrogen) atoms. The van der Waals surface area contributed by atoms with Gasteiger partial charge in [0.1, 0.15) is 0 Å². The van der Waals surface area contributed by atoms with E-state index in [0.717, 1.165) is 43.9 Å². The van der Waals surface area contributed by atoms with Crippen LogP contribution in [0.25, 0.3) is 5.69 Å². The number of rotatable bonds is 3. The van der Waals surface area contributed by atoms with Crippen LogP contribution in [0.4, 0.5) is 5.69 Å². The fourth-order valence-corrected chi connectivity index (χ4v) is 3.01. The van der Waals surface area contributed by atoms with Crippen molar-refractivity contribution in [3.63, 3.8) is 0 Å². The molecule has 0 fully saturated rings. The van der Waals surface area contributed by atoms with Crippen LogP contribution in [0.1, 0.15) is 22.5 Å². The van der Waals surface area contributed by atoms with Crippen molar-refractivity contribution in [2.45, 2.75) is 20.8 Å². The van der Waals surface area contributed by atoms with Crippen molar-refractivity contribution >= 4 is 35.1 Å². The maximum absolute atomic E-state index is 6.16. The average Bonchev–Trinajstić information content (AvgIpc) is 2.84. The second-order valence-electron chi connectivity index (χ2n) is 5.83. The SMILES string of the molecule is Cc1ccc(N=Cc2cc(C)n(-c3ccc(Cl)cc3)c2C)cc1Cl. The molecule has 0 amide bonds. The van der Waals surface area contributed by atoms with Gasteiger partial charge in [-0.05, 0) is 68.8 Å². The summed E-state index contributed by atoms with van der Waals surface area (Å²) in [6.07, 6.45) is 1.88. The first kappa shape index (κ1) is 16.8. The van der Waals surface area contributed by atoms with Crippen LogP contribution in [0.5, 0.6) is 0 Å². The maximum atomic E-state index is 6.16. The molecular formula is C20H18Cl2N2. The molecule has 1 heterocycles. The normalized spacial score (nSPS) is 11.4. The molecule has 0 aliphatic carbocycles. The quantitative estimate of drug-likeness (QED) is 0.479. The van der Waals surface area contributed by atoms with Gasteiger partial charge in [0.2, 0.25) is 0 Å². The van der Waals surface area contributed by atoms with E-state index in [2.05, 4.69) is 29.5 Å². The van der Waals surface area contributed by atoms with Crippen LogP contribution < -0.4 is 0 Å². The summed E-state index contributed by atoms with van der Waals surface area (Å²) in [7, 11) is 0. The van der Waals surface area contributed by atoms with Crippen LogP contribution in [0.15, 0.2) is 53.5 Å². The summed E-state index contributed by atoms with van der Waals surface area (Å²) in [4.78, 5) is 4.56. The van der Waals surface area contributed by atoms with Gasteiger partial charge < -0.3 is 4.57 Å². The Bertz CT molecular complexity index is 906. The molecule has 0 N–H and O–H groups in total. The molecule has 2 nitrogen and oxygen atoms in total. The Morgan fingerprint density at radius 3 is 2.29 bits per heavy atom. The first-order chi connectivity index (χ1) is 11.5. The summed E-state index contributed by atoms with van der Waals surface area (Å²) in [5.74, 6) is 0. The first-order valence-electron chi connectivity index (χ1n) is 7.71. The summed E-state index contributed by atoms with van der Waals surface area (Å²) < 4.78 is 2.19. The monoisotopic (exact) mass is 356 g/mol. The largest absolute Gasteiger partial charge is 0.318 e. The Balaban J connectivity index is 1.95. The van der Waals surface area contributed by atoms with E-state index in [1.807, 2.05) is 55.6 Å². The molecule has 0 saturated heterocycles. The van der Waals surface area contributed by atoms with Crippen molar-refractivity contribution in [3.05, 3.63) is 81.1 Å². The van der Waals surface area contributed by atoms with Crippen molar-refractivity contribution in [2.75, 3.05) is 0 Å². The molecule has 4 heteroatoms. The third kappa shape index (κ3) is 3.40. The Kier molecular flexibility index (Phi) is 4.79. The molecule has 3 rings (SSSR count). The van der Waals surface area contributed by atoms with Gasteiger partial charge in [0.15, 0.2) is 0 Å². The highest BCUT2D eigenvalue weighted by molar-refractivity contribution is 6.31. The lowest BCUT2D eigenvalue weighted by molar-refractivity contribution is 0.965. The Hall–Kier alpha value is -2.03. The van der Waals surface area contributed by atoms with E-state index in [0.29, 0.717) is 0 Å². The predicted molar refractivity (Wildman–Crippen MR) is 104 cm³/mol. The summed E-state index contributed by atoms with van der Waals surface area (Å²) in [5, 5.41) is 1.47. The fourth-order valence-electron chi connectivity index (χ4n) is 2.71. The number of hydrogen-bond acceptors (Lipinski definition) is 1. The second kappa shape index (κ2) is 6.84. The highest BCUT2D eigenvalue weighted by Crippen LogP contribution is 2.24. The molecule has 122 valence electrons. The van der Waals surface area contributed by atoms with E-state index >= 15 is 0 Å². The number of halogens is 2. The molecular weight excluding hydrogens is 339 g/mol. The van der Waals surface area contributed by atoms with Crippen LogP contribution in [0, 0.1) is 20.8 Å². The van der Waals surface area contributed by atoms with Gasteiger partial charge >= 0.3 is 0 Å². The number of aryl methyl sites for hydroxylation is 2. The Labute approximate surface area is 152 Å². The van der Waals surface area contributed by atoms with Crippen LogP contribution >= 0.6 is 23.2 Å². The van der Waals surface area contributed by atoms with Gasteiger partial charge in [-0.15, -0.1) is 0 Å². The molecule has 0 spiro atoms. The molecule has 0 atom stereocenters. The summed E-state index contributed by atoms with van der Waals surface area (Å²) in [6.45, 7) is 6.16. The minimum Gasteiger partial charge on any atom is -0.318 e. The zero-order valence-electron chi connectivity index (χ0n) is 13.8. The third-order valence-corrected chi connectivity index (χ3v) is 4.72. The molecule has 0 aliphatic heterocycles. The zero-order valence-corrected chi connectivity index (χ0v) is 15.4. The van der Waals surface area contributed by atoms with Crippen LogP contribution in [0.2, 0.25) is 10.0 Å². The van der Waals surface area contributed by atoms with Crippen LogP contribution in [-0.4, -0.2) is 10.8 Å². The topological polar surface area (TPSA) is 17.3 Å². The highest BCUT2D eigenvalue weighted by atomic mass is 35.5. The average molecular weight is 357 g/mol. The van der Waals surface area contributed by atoms with E-state index in [9.17, 15) is 0 Å². The lowest BCUT2D eigenvalue weighted by Crippen LogP contribution is -1.99. The summed E-state index contributed by atoms with van der Waals surface area (Å²) in [5.41, 5.74) is 6.36. The minimum atomic E-state index is 0.733. The second-order valence-corrected chi connectivity index (χ2v) is 6.67. The number of aromatic nitrogens is 1. The lowest BCUT2D eigenvalue weighted by Gasteiger charge is -2.09. The first-order valence-corrected chi connectivity index (χ1v) is 8.46. The van der Waals surface area contributed by atoms with Crippen molar-refractivity contribution in [1.29, 1.82) is 0 Å². The van der Waals surface area contributed by atoms with E-state index in [4.69, 9.17) is 23.2 Å².